The molecule has 1 aromatic heterocycles. The van der Waals surface area contributed by atoms with Crippen LogP contribution in [0.1, 0.15) is 44.9 Å². The zero-order chi connectivity index (χ0) is 16.3. The molecule has 0 radical (unpaired) electrons. The molecule has 1 amide bonds. The number of carbonyl (C=O) groups excluding carboxylic acids is 1. The molecule has 22 heavy (non-hydrogen) atoms. The largest absolute Gasteiger partial charge is 0.497 e. The van der Waals surface area contributed by atoms with Gasteiger partial charge in [-0.05, 0) is 37.5 Å². The molecule has 0 atom stereocenters. The lowest BCUT2D eigenvalue weighted by Gasteiger charge is -2.23. The third kappa shape index (κ3) is 3.47. The highest BCUT2D eigenvalue weighted by Crippen LogP contribution is 2.28. The predicted molar refractivity (Wildman–Crippen MR) is 90.9 cm³/mol. The molecule has 0 unspecified atom stereocenters. The van der Waals surface area contributed by atoms with Crippen molar-refractivity contribution in [2.45, 2.75) is 39.0 Å². The predicted octanol–water partition coefficient (Wildman–Crippen LogP) is 4.19. The minimum atomic E-state index is -0.643. The van der Waals surface area contributed by atoms with Crippen molar-refractivity contribution in [1.82, 2.24) is 4.98 Å². The van der Waals surface area contributed by atoms with Crippen LogP contribution >= 0.6 is 11.3 Å². The molecule has 0 aliphatic carbocycles. The van der Waals surface area contributed by atoms with E-state index in [-0.39, 0.29) is 5.91 Å². The third-order valence-electron chi connectivity index (χ3n) is 3.71. The van der Waals surface area contributed by atoms with Crippen molar-refractivity contribution in [3.8, 4) is 5.75 Å². The minimum absolute atomic E-state index is 0.0673. The Hall–Kier alpha value is -1.88. The maximum atomic E-state index is 12.6. The second kappa shape index (κ2) is 6.48. The number of ether oxygens (including phenoxy) is 1. The van der Waals surface area contributed by atoms with Gasteiger partial charge in [-0.15, -0.1) is 11.3 Å². The van der Waals surface area contributed by atoms with Gasteiger partial charge < -0.3 is 10.1 Å². The van der Waals surface area contributed by atoms with Gasteiger partial charge in [0.05, 0.1) is 18.2 Å². The lowest BCUT2D eigenvalue weighted by atomic mass is 9.84. The van der Waals surface area contributed by atoms with Gasteiger partial charge in [-0.3, -0.25) is 4.79 Å². The zero-order valence-electron chi connectivity index (χ0n) is 13.6. The maximum absolute atomic E-state index is 12.6. The first-order valence-corrected chi connectivity index (χ1v) is 8.14. The number of amides is 1. The Morgan fingerprint density at radius 2 is 1.91 bits per heavy atom. The first-order chi connectivity index (χ1) is 10.3. The molecule has 118 valence electrons. The lowest BCUT2D eigenvalue weighted by Crippen LogP contribution is -2.34. The van der Waals surface area contributed by atoms with Crippen LogP contribution in [-0.2, 0) is 10.2 Å². The van der Waals surface area contributed by atoms with Gasteiger partial charge >= 0.3 is 0 Å². The maximum Gasteiger partial charge on any atom is 0.236 e. The molecule has 2 aromatic rings. The molecule has 5 heteroatoms. The van der Waals surface area contributed by atoms with Crippen molar-refractivity contribution in [1.29, 1.82) is 0 Å². The number of carbonyl (C=O) groups is 1. The van der Waals surface area contributed by atoms with Crippen molar-refractivity contribution in [2.24, 2.45) is 0 Å². The monoisotopic (exact) mass is 318 g/mol. The summed E-state index contributed by atoms with van der Waals surface area (Å²) in [5.74, 6) is 1.07. The smallest absolute Gasteiger partial charge is 0.236 e. The number of aromatic nitrogens is 1. The molecule has 2 rings (SSSR count). The van der Waals surface area contributed by atoms with Crippen LogP contribution in [0.3, 0.4) is 0 Å². The van der Waals surface area contributed by atoms with Crippen LogP contribution in [0.2, 0.25) is 0 Å². The summed E-state index contributed by atoms with van der Waals surface area (Å²) in [7, 11) is 1.63. The molecule has 1 aromatic carbocycles. The molecule has 0 saturated carbocycles. The van der Waals surface area contributed by atoms with Crippen LogP contribution in [0.4, 0.5) is 5.13 Å². The topological polar surface area (TPSA) is 51.2 Å². The Kier molecular flexibility index (Phi) is 4.86. The molecule has 0 saturated heterocycles. The van der Waals surface area contributed by atoms with Crippen molar-refractivity contribution in [3.05, 3.63) is 40.9 Å². The Morgan fingerprint density at radius 1 is 1.27 bits per heavy atom. The van der Waals surface area contributed by atoms with Gasteiger partial charge in [0, 0.05) is 5.38 Å². The first kappa shape index (κ1) is 16.5. The first-order valence-electron chi connectivity index (χ1n) is 7.26. The third-order valence-corrected chi connectivity index (χ3v) is 4.49. The summed E-state index contributed by atoms with van der Waals surface area (Å²) in [4.78, 5) is 17.0. The summed E-state index contributed by atoms with van der Waals surface area (Å²) in [6.45, 7) is 7.98. The molecule has 0 fully saturated rings. The second-order valence-electron chi connectivity index (χ2n) is 6.04. The van der Waals surface area contributed by atoms with E-state index < -0.39 is 5.41 Å². The fraction of sp³-hybridized carbons (Fsp3) is 0.412. The van der Waals surface area contributed by atoms with E-state index in [1.807, 2.05) is 43.5 Å². The zero-order valence-corrected chi connectivity index (χ0v) is 14.5. The van der Waals surface area contributed by atoms with Crippen LogP contribution in [0.25, 0.3) is 0 Å². The molecular weight excluding hydrogens is 296 g/mol. The number of hydrogen-bond acceptors (Lipinski definition) is 4. The highest BCUT2D eigenvalue weighted by atomic mass is 32.1. The Bertz CT molecular complexity index is 645. The van der Waals surface area contributed by atoms with Gasteiger partial charge in [-0.2, -0.15) is 0 Å². The number of hydrogen-bond donors (Lipinski definition) is 1. The number of benzene rings is 1. The van der Waals surface area contributed by atoms with Gasteiger partial charge in [0.25, 0.3) is 0 Å². The summed E-state index contributed by atoms with van der Waals surface area (Å²) in [6.07, 6.45) is 0. The van der Waals surface area contributed by atoms with Gasteiger partial charge in [-0.25, -0.2) is 4.98 Å². The number of methoxy groups -OCH3 is 1. The molecule has 1 N–H and O–H groups in total. The molecule has 0 aliphatic heterocycles. The van der Waals surface area contributed by atoms with Crippen molar-refractivity contribution in [2.75, 3.05) is 12.4 Å². The van der Waals surface area contributed by atoms with E-state index in [4.69, 9.17) is 4.74 Å². The van der Waals surface area contributed by atoms with E-state index in [1.54, 1.807) is 7.11 Å². The van der Waals surface area contributed by atoms with Crippen LogP contribution < -0.4 is 10.1 Å². The molecule has 1 heterocycles. The number of nitrogens with zero attached hydrogens (tertiary/aromatic N) is 1. The normalized spacial score (nSPS) is 11.5. The molecule has 4 nitrogen and oxygen atoms in total. The van der Waals surface area contributed by atoms with E-state index in [0.29, 0.717) is 11.0 Å². The van der Waals surface area contributed by atoms with Crippen molar-refractivity contribution < 1.29 is 9.53 Å². The Labute approximate surface area is 135 Å². The lowest BCUT2D eigenvalue weighted by molar-refractivity contribution is -0.120. The standard InChI is InChI=1S/C17H22N2O2S/c1-11(2)14-10-22-16(18-14)19-15(20)17(3,4)12-6-8-13(21-5)9-7-12/h6-11H,1-5H3,(H,18,19,20). The van der Waals surface area contributed by atoms with E-state index >= 15 is 0 Å². The number of anilines is 1. The van der Waals surface area contributed by atoms with Gasteiger partial charge in [0.2, 0.25) is 5.91 Å². The van der Waals surface area contributed by atoms with E-state index in [1.165, 1.54) is 11.3 Å². The highest BCUT2D eigenvalue weighted by molar-refractivity contribution is 7.13. The summed E-state index contributed by atoms with van der Waals surface area (Å²) in [5, 5.41) is 5.56. The van der Waals surface area contributed by atoms with Crippen LogP contribution in [-0.4, -0.2) is 18.0 Å². The van der Waals surface area contributed by atoms with Crippen LogP contribution in [0.5, 0.6) is 5.75 Å². The van der Waals surface area contributed by atoms with Gasteiger partial charge in [0.15, 0.2) is 5.13 Å². The summed E-state index contributed by atoms with van der Waals surface area (Å²) in [6, 6.07) is 7.56. The number of thiazole rings is 1. The molecule has 0 spiro atoms. The summed E-state index contributed by atoms with van der Waals surface area (Å²) < 4.78 is 5.15. The summed E-state index contributed by atoms with van der Waals surface area (Å²) in [5.41, 5.74) is 1.30. The van der Waals surface area contributed by atoms with E-state index in [9.17, 15) is 4.79 Å². The van der Waals surface area contributed by atoms with Crippen molar-refractivity contribution >= 4 is 22.4 Å². The Balaban J connectivity index is 2.14. The fourth-order valence-electron chi connectivity index (χ4n) is 2.00. The van der Waals surface area contributed by atoms with E-state index in [0.717, 1.165) is 17.0 Å². The molecule has 0 bridgehead atoms. The minimum Gasteiger partial charge on any atom is -0.497 e. The second-order valence-corrected chi connectivity index (χ2v) is 6.90. The van der Waals surface area contributed by atoms with Crippen LogP contribution in [0.15, 0.2) is 29.6 Å². The van der Waals surface area contributed by atoms with Crippen molar-refractivity contribution in [3.63, 3.8) is 0 Å². The van der Waals surface area contributed by atoms with Gasteiger partial charge in [0.1, 0.15) is 5.75 Å². The molecular formula is C17H22N2O2S. The summed E-state index contributed by atoms with van der Waals surface area (Å²) >= 11 is 1.46. The number of nitrogens with one attached hydrogen (secondary N) is 1. The number of rotatable bonds is 5. The highest BCUT2D eigenvalue weighted by Gasteiger charge is 2.30. The van der Waals surface area contributed by atoms with Gasteiger partial charge in [-0.1, -0.05) is 26.0 Å². The Morgan fingerprint density at radius 3 is 2.41 bits per heavy atom. The average molecular weight is 318 g/mol. The SMILES string of the molecule is COc1ccc(C(C)(C)C(=O)Nc2nc(C(C)C)cs2)cc1. The van der Waals surface area contributed by atoms with Crippen LogP contribution in [0, 0.1) is 0 Å². The van der Waals surface area contributed by atoms with E-state index in [2.05, 4.69) is 24.1 Å². The average Bonchev–Trinajstić information content (AvgIpc) is 2.96. The quantitative estimate of drug-likeness (QED) is 0.899. The fourth-order valence-corrected chi connectivity index (χ4v) is 2.87. The molecule has 0 aliphatic rings.